The molecule has 0 spiro atoms. The van der Waals surface area contributed by atoms with Gasteiger partial charge in [0.1, 0.15) is 0 Å². The van der Waals surface area contributed by atoms with E-state index >= 15 is 0 Å². The highest BCUT2D eigenvalue weighted by Crippen LogP contribution is 2.28. The van der Waals surface area contributed by atoms with Crippen LogP contribution in [0.2, 0.25) is 0 Å². The Kier molecular flexibility index (Phi) is 6.81. The molecule has 0 radical (unpaired) electrons. The lowest BCUT2D eigenvalue weighted by atomic mass is 10.1. The summed E-state index contributed by atoms with van der Waals surface area (Å²) in [5.74, 6) is 1.62. The van der Waals surface area contributed by atoms with E-state index in [0.717, 1.165) is 17.7 Å². The normalized spacial score (nSPS) is 10.6. The first-order chi connectivity index (χ1) is 12.0. The highest BCUT2D eigenvalue weighted by atomic mass is 16.5. The number of hydrogen-bond donors (Lipinski definition) is 1. The molecule has 1 aromatic heterocycles. The first kappa shape index (κ1) is 18.8. The summed E-state index contributed by atoms with van der Waals surface area (Å²) in [6, 6.07) is 9.07. The van der Waals surface area contributed by atoms with Crippen molar-refractivity contribution in [2.45, 2.75) is 33.7 Å². The van der Waals surface area contributed by atoms with Gasteiger partial charge < -0.3 is 14.8 Å². The predicted octanol–water partition coefficient (Wildman–Crippen LogP) is 3.75. The van der Waals surface area contributed by atoms with Crippen LogP contribution >= 0.6 is 0 Å². The zero-order valence-electron chi connectivity index (χ0n) is 15.3. The molecule has 0 atom stereocenters. The molecular weight excluding hydrogens is 316 g/mol. The van der Waals surface area contributed by atoms with Gasteiger partial charge in [0.2, 0.25) is 0 Å². The van der Waals surface area contributed by atoms with Crippen molar-refractivity contribution in [2.75, 3.05) is 13.7 Å². The fraction of sp³-hybridized carbons (Fsp3) is 0.400. The molecule has 0 bridgehead atoms. The van der Waals surface area contributed by atoms with E-state index in [4.69, 9.17) is 9.47 Å². The summed E-state index contributed by atoms with van der Waals surface area (Å²) in [6.07, 6.45) is 2.69. The van der Waals surface area contributed by atoms with Crippen LogP contribution in [0.15, 0.2) is 36.5 Å². The minimum absolute atomic E-state index is 0.169. The maximum Gasteiger partial charge on any atom is 0.251 e. The summed E-state index contributed by atoms with van der Waals surface area (Å²) in [5, 5.41) is 2.89. The van der Waals surface area contributed by atoms with E-state index in [1.54, 1.807) is 31.5 Å². The molecule has 2 aromatic rings. The predicted molar refractivity (Wildman–Crippen MR) is 98.1 cm³/mol. The minimum Gasteiger partial charge on any atom is -0.493 e. The van der Waals surface area contributed by atoms with Crippen LogP contribution in [-0.2, 0) is 6.54 Å². The summed E-state index contributed by atoms with van der Waals surface area (Å²) in [5.41, 5.74) is 2.44. The molecule has 0 saturated heterocycles. The highest BCUT2D eigenvalue weighted by Gasteiger charge is 2.12. The van der Waals surface area contributed by atoms with Crippen LogP contribution in [0.25, 0.3) is 0 Å². The first-order valence-electron chi connectivity index (χ1n) is 8.50. The number of nitrogens with zero attached hydrogens (tertiary/aromatic N) is 1. The van der Waals surface area contributed by atoms with Crippen molar-refractivity contribution in [2.24, 2.45) is 5.92 Å². The van der Waals surface area contributed by atoms with Crippen LogP contribution < -0.4 is 14.8 Å². The quantitative estimate of drug-likeness (QED) is 0.793. The second-order valence-electron chi connectivity index (χ2n) is 6.35. The number of rotatable bonds is 8. The van der Waals surface area contributed by atoms with Crippen LogP contribution in [-0.4, -0.2) is 24.6 Å². The first-order valence-corrected chi connectivity index (χ1v) is 8.50. The molecule has 0 aliphatic carbocycles. The Labute approximate surface area is 149 Å². The van der Waals surface area contributed by atoms with Gasteiger partial charge in [-0.05, 0) is 49.1 Å². The van der Waals surface area contributed by atoms with Crippen molar-refractivity contribution in [3.05, 3.63) is 53.3 Å². The molecule has 0 aliphatic heterocycles. The van der Waals surface area contributed by atoms with Crippen molar-refractivity contribution >= 4 is 5.91 Å². The second-order valence-corrected chi connectivity index (χ2v) is 6.35. The van der Waals surface area contributed by atoms with E-state index in [1.807, 2.05) is 19.1 Å². The molecule has 5 heteroatoms. The van der Waals surface area contributed by atoms with Crippen molar-refractivity contribution in [1.29, 1.82) is 0 Å². The van der Waals surface area contributed by atoms with Crippen molar-refractivity contribution in [3.8, 4) is 11.5 Å². The Morgan fingerprint density at radius 2 is 2.04 bits per heavy atom. The van der Waals surface area contributed by atoms with Gasteiger partial charge in [0.15, 0.2) is 11.5 Å². The Hall–Kier alpha value is -2.56. The smallest absolute Gasteiger partial charge is 0.251 e. The molecule has 2 rings (SSSR count). The van der Waals surface area contributed by atoms with E-state index in [2.05, 4.69) is 24.1 Å². The van der Waals surface area contributed by atoms with Gasteiger partial charge in [-0.25, -0.2) is 0 Å². The molecule has 134 valence electrons. The minimum atomic E-state index is -0.169. The zero-order chi connectivity index (χ0) is 18.2. The maximum absolute atomic E-state index is 12.4. The van der Waals surface area contributed by atoms with Crippen LogP contribution in [0.5, 0.6) is 11.5 Å². The standard InChI is InChI=1S/C20H26N2O3/c1-14(2)9-11-25-18-8-7-16(12-19(18)24-4)20(23)22-13-17-15(3)6-5-10-21-17/h5-8,10,12,14H,9,11,13H2,1-4H3,(H,22,23). The fourth-order valence-corrected chi connectivity index (χ4v) is 2.30. The summed E-state index contributed by atoms with van der Waals surface area (Å²) in [4.78, 5) is 16.7. The molecule has 1 aromatic carbocycles. The van der Waals surface area contributed by atoms with Gasteiger partial charge in [0.25, 0.3) is 5.91 Å². The third-order valence-electron chi connectivity index (χ3n) is 3.91. The third-order valence-corrected chi connectivity index (χ3v) is 3.91. The van der Waals surface area contributed by atoms with Gasteiger partial charge in [-0.15, -0.1) is 0 Å². The van der Waals surface area contributed by atoms with Gasteiger partial charge in [-0.1, -0.05) is 19.9 Å². The molecule has 0 saturated carbocycles. The number of carbonyl (C=O) groups excluding carboxylic acids is 1. The van der Waals surface area contributed by atoms with Gasteiger partial charge >= 0.3 is 0 Å². The maximum atomic E-state index is 12.4. The number of ether oxygens (including phenoxy) is 2. The topological polar surface area (TPSA) is 60.5 Å². The number of pyridine rings is 1. The van der Waals surface area contributed by atoms with Crippen molar-refractivity contribution in [3.63, 3.8) is 0 Å². The lowest BCUT2D eigenvalue weighted by molar-refractivity contribution is 0.0950. The number of hydrogen-bond acceptors (Lipinski definition) is 4. The molecule has 1 amide bonds. The number of aryl methyl sites for hydroxylation is 1. The Morgan fingerprint density at radius 1 is 1.24 bits per heavy atom. The SMILES string of the molecule is COc1cc(C(=O)NCc2ncccc2C)ccc1OCCC(C)C. The van der Waals surface area contributed by atoms with Crippen molar-refractivity contribution in [1.82, 2.24) is 10.3 Å². The molecule has 25 heavy (non-hydrogen) atoms. The van der Waals surface area contributed by atoms with E-state index in [-0.39, 0.29) is 5.91 Å². The highest BCUT2D eigenvalue weighted by molar-refractivity contribution is 5.94. The Balaban J connectivity index is 2.01. The number of benzene rings is 1. The summed E-state index contributed by atoms with van der Waals surface area (Å²) in [7, 11) is 1.57. The molecule has 5 nitrogen and oxygen atoms in total. The number of methoxy groups -OCH3 is 1. The van der Waals surface area contributed by atoms with E-state index < -0.39 is 0 Å². The number of aromatic nitrogens is 1. The largest absolute Gasteiger partial charge is 0.493 e. The van der Waals surface area contributed by atoms with Gasteiger partial charge in [-0.2, -0.15) is 0 Å². The molecule has 0 fully saturated rings. The monoisotopic (exact) mass is 342 g/mol. The van der Waals surface area contributed by atoms with E-state index in [1.165, 1.54) is 0 Å². The number of nitrogens with one attached hydrogen (secondary N) is 1. The summed E-state index contributed by atoms with van der Waals surface area (Å²) in [6.45, 7) is 7.29. The van der Waals surface area contributed by atoms with Gasteiger partial charge in [-0.3, -0.25) is 9.78 Å². The summed E-state index contributed by atoms with van der Waals surface area (Å²) < 4.78 is 11.1. The number of carbonyl (C=O) groups is 1. The van der Waals surface area contributed by atoms with Crippen molar-refractivity contribution < 1.29 is 14.3 Å². The van der Waals surface area contributed by atoms with E-state index in [0.29, 0.717) is 36.1 Å². The van der Waals surface area contributed by atoms with Crippen LogP contribution in [0.4, 0.5) is 0 Å². The molecule has 0 aliphatic rings. The molecular formula is C20H26N2O3. The second kappa shape index (κ2) is 9.06. The van der Waals surface area contributed by atoms with E-state index in [9.17, 15) is 4.79 Å². The average molecular weight is 342 g/mol. The lowest BCUT2D eigenvalue weighted by Crippen LogP contribution is -2.23. The van der Waals surface area contributed by atoms with Crippen LogP contribution in [0, 0.1) is 12.8 Å². The Bertz CT molecular complexity index is 714. The fourth-order valence-electron chi connectivity index (χ4n) is 2.30. The molecule has 1 heterocycles. The molecule has 0 unspecified atom stereocenters. The average Bonchev–Trinajstić information content (AvgIpc) is 2.60. The Morgan fingerprint density at radius 3 is 2.72 bits per heavy atom. The molecule has 1 N–H and O–H groups in total. The zero-order valence-corrected chi connectivity index (χ0v) is 15.3. The van der Waals surface area contributed by atoms with Gasteiger partial charge in [0.05, 0.1) is 26.0 Å². The van der Waals surface area contributed by atoms with Gasteiger partial charge in [0, 0.05) is 11.8 Å². The van der Waals surface area contributed by atoms with Crippen LogP contribution in [0.3, 0.4) is 0 Å². The number of amides is 1. The summed E-state index contributed by atoms with van der Waals surface area (Å²) >= 11 is 0. The lowest BCUT2D eigenvalue weighted by Gasteiger charge is -2.13. The van der Waals surface area contributed by atoms with Crippen LogP contribution in [0.1, 0.15) is 41.9 Å². The third kappa shape index (κ3) is 5.48.